The van der Waals surface area contributed by atoms with Crippen LogP contribution in [0.2, 0.25) is 0 Å². The number of amides is 1. The van der Waals surface area contributed by atoms with Gasteiger partial charge in [-0.3, -0.25) is 9.69 Å². The molecule has 0 aromatic heterocycles. The highest BCUT2D eigenvalue weighted by Gasteiger charge is 2.41. The number of benzene rings is 1. The summed E-state index contributed by atoms with van der Waals surface area (Å²) in [6, 6.07) is 10.9. The largest absolute Gasteiger partial charge is 0.369 e. The predicted molar refractivity (Wildman–Crippen MR) is 59.4 cm³/mol. The molecule has 2 N–H and O–H groups in total. The Morgan fingerprint density at radius 3 is 2.73 bits per heavy atom. The molecule has 0 bridgehead atoms. The van der Waals surface area contributed by atoms with Crippen LogP contribution in [-0.4, -0.2) is 30.4 Å². The average Bonchev–Trinajstić information content (AvgIpc) is 2.97. The van der Waals surface area contributed by atoms with E-state index in [0.717, 1.165) is 6.42 Å². The zero-order chi connectivity index (χ0) is 10.8. The molecule has 2 unspecified atom stereocenters. The van der Waals surface area contributed by atoms with Gasteiger partial charge in [0, 0.05) is 12.0 Å². The quantitative estimate of drug-likeness (QED) is 0.794. The monoisotopic (exact) mass is 204 g/mol. The van der Waals surface area contributed by atoms with Crippen LogP contribution in [0, 0.1) is 0 Å². The second kappa shape index (κ2) is 4.03. The minimum Gasteiger partial charge on any atom is -0.369 e. The van der Waals surface area contributed by atoms with E-state index in [1.54, 1.807) is 0 Å². The van der Waals surface area contributed by atoms with E-state index >= 15 is 0 Å². The van der Waals surface area contributed by atoms with Gasteiger partial charge in [0.05, 0.1) is 6.54 Å². The predicted octanol–water partition coefficient (Wildman–Crippen LogP) is 0.960. The number of rotatable bonds is 4. The summed E-state index contributed by atoms with van der Waals surface area (Å²) in [7, 11) is 1.96. The first-order chi connectivity index (χ1) is 7.18. The van der Waals surface area contributed by atoms with Crippen molar-refractivity contribution in [3.05, 3.63) is 35.9 Å². The van der Waals surface area contributed by atoms with E-state index in [1.807, 2.05) is 18.0 Å². The van der Waals surface area contributed by atoms with E-state index in [-0.39, 0.29) is 5.91 Å². The molecule has 1 saturated carbocycles. The molecule has 3 heteroatoms. The van der Waals surface area contributed by atoms with Crippen LogP contribution in [0.25, 0.3) is 0 Å². The van der Waals surface area contributed by atoms with Crippen molar-refractivity contribution in [2.45, 2.75) is 18.4 Å². The van der Waals surface area contributed by atoms with Crippen LogP contribution < -0.4 is 5.73 Å². The minimum atomic E-state index is -0.254. The highest BCUT2D eigenvalue weighted by Crippen LogP contribution is 2.43. The standard InChI is InChI=1S/C12H16N2O/c1-14(8-12(13)15)11-7-10(11)9-5-3-2-4-6-9/h2-6,10-11H,7-8H2,1H3,(H2,13,15). The molecule has 2 rings (SSSR count). The molecule has 3 nitrogen and oxygen atoms in total. The topological polar surface area (TPSA) is 46.3 Å². The summed E-state index contributed by atoms with van der Waals surface area (Å²) in [5, 5.41) is 0. The van der Waals surface area contributed by atoms with Gasteiger partial charge in [0.25, 0.3) is 0 Å². The van der Waals surface area contributed by atoms with Crippen LogP contribution in [-0.2, 0) is 4.79 Å². The Morgan fingerprint density at radius 1 is 1.47 bits per heavy atom. The van der Waals surface area contributed by atoms with E-state index in [4.69, 9.17) is 5.73 Å². The van der Waals surface area contributed by atoms with Crippen molar-refractivity contribution in [3.8, 4) is 0 Å². The Morgan fingerprint density at radius 2 is 2.13 bits per heavy atom. The molecule has 1 aromatic carbocycles. The minimum absolute atomic E-state index is 0.254. The molecule has 0 radical (unpaired) electrons. The van der Waals surface area contributed by atoms with Crippen LogP contribution >= 0.6 is 0 Å². The molecule has 15 heavy (non-hydrogen) atoms. The molecule has 1 amide bonds. The van der Waals surface area contributed by atoms with Crippen LogP contribution in [0.4, 0.5) is 0 Å². The van der Waals surface area contributed by atoms with Gasteiger partial charge in [0.15, 0.2) is 0 Å². The molecule has 0 aliphatic heterocycles. The lowest BCUT2D eigenvalue weighted by Crippen LogP contribution is -2.32. The van der Waals surface area contributed by atoms with Crippen LogP contribution in [0.5, 0.6) is 0 Å². The number of primary amides is 1. The number of carbonyl (C=O) groups is 1. The van der Waals surface area contributed by atoms with Gasteiger partial charge >= 0.3 is 0 Å². The Bertz CT molecular complexity index is 350. The molecule has 2 atom stereocenters. The van der Waals surface area contributed by atoms with Crippen molar-refractivity contribution in [1.29, 1.82) is 0 Å². The third kappa shape index (κ3) is 2.36. The number of hydrogen-bond acceptors (Lipinski definition) is 2. The van der Waals surface area contributed by atoms with Gasteiger partial charge in [-0.15, -0.1) is 0 Å². The summed E-state index contributed by atoms with van der Waals surface area (Å²) in [4.78, 5) is 12.8. The fourth-order valence-corrected chi connectivity index (χ4v) is 2.09. The van der Waals surface area contributed by atoms with Crippen molar-refractivity contribution < 1.29 is 4.79 Å². The third-order valence-corrected chi connectivity index (χ3v) is 2.96. The van der Waals surface area contributed by atoms with Gasteiger partial charge in [-0.05, 0) is 19.0 Å². The molecule has 0 saturated heterocycles. The van der Waals surface area contributed by atoms with E-state index in [2.05, 4.69) is 24.3 Å². The number of nitrogens with zero attached hydrogens (tertiary/aromatic N) is 1. The van der Waals surface area contributed by atoms with E-state index in [1.165, 1.54) is 5.56 Å². The van der Waals surface area contributed by atoms with E-state index in [0.29, 0.717) is 18.5 Å². The van der Waals surface area contributed by atoms with Crippen molar-refractivity contribution >= 4 is 5.91 Å². The molecule has 1 aromatic rings. The summed E-state index contributed by atoms with van der Waals surface area (Å²) < 4.78 is 0. The molecule has 80 valence electrons. The average molecular weight is 204 g/mol. The van der Waals surface area contributed by atoms with Crippen molar-refractivity contribution in [2.75, 3.05) is 13.6 Å². The lowest BCUT2D eigenvalue weighted by molar-refractivity contribution is -0.119. The summed E-state index contributed by atoms with van der Waals surface area (Å²) in [5.41, 5.74) is 6.52. The van der Waals surface area contributed by atoms with Gasteiger partial charge in [-0.25, -0.2) is 0 Å². The molecule has 1 aliphatic carbocycles. The van der Waals surface area contributed by atoms with E-state index < -0.39 is 0 Å². The number of nitrogens with two attached hydrogens (primary N) is 1. The van der Waals surface area contributed by atoms with Gasteiger partial charge in [0.2, 0.25) is 5.91 Å². The summed E-state index contributed by atoms with van der Waals surface area (Å²) in [6.07, 6.45) is 1.13. The fourth-order valence-electron chi connectivity index (χ4n) is 2.09. The summed E-state index contributed by atoms with van der Waals surface area (Å²) in [6.45, 7) is 0.355. The number of carbonyl (C=O) groups excluding carboxylic acids is 1. The number of likely N-dealkylation sites (N-methyl/N-ethyl adjacent to an activating group) is 1. The highest BCUT2D eigenvalue weighted by atomic mass is 16.1. The molecular weight excluding hydrogens is 188 g/mol. The molecular formula is C12H16N2O. The molecule has 1 aliphatic rings. The maximum atomic E-state index is 10.8. The zero-order valence-corrected chi connectivity index (χ0v) is 8.89. The number of hydrogen-bond donors (Lipinski definition) is 1. The molecule has 0 heterocycles. The van der Waals surface area contributed by atoms with Crippen molar-refractivity contribution in [1.82, 2.24) is 4.90 Å². The van der Waals surface area contributed by atoms with Crippen LogP contribution in [0.1, 0.15) is 17.9 Å². The smallest absolute Gasteiger partial charge is 0.231 e. The van der Waals surface area contributed by atoms with Gasteiger partial charge in [0.1, 0.15) is 0 Å². The third-order valence-electron chi connectivity index (χ3n) is 2.96. The molecule has 0 spiro atoms. The van der Waals surface area contributed by atoms with E-state index in [9.17, 15) is 4.79 Å². The Hall–Kier alpha value is -1.35. The van der Waals surface area contributed by atoms with Crippen LogP contribution in [0.15, 0.2) is 30.3 Å². The Balaban J connectivity index is 1.93. The summed E-state index contributed by atoms with van der Waals surface area (Å²) in [5.74, 6) is 0.326. The first kappa shape index (κ1) is 10.2. The zero-order valence-electron chi connectivity index (χ0n) is 8.89. The Kier molecular flexibility index (Phi) is 2.73. The fraction of sp³-hybridized carbons (Fsp3) is 0.417. The van der Waals surface area contributed by atoms with Gasteiger partial charge in [-0.1, -0.05) is 30.3 Å². The normalized spacial score (nSPS) is 24.1. The second-order valence-corrected chi connectivity index (χ2v) is 4.20. The lowest BCUT2D eigenvalue weighted by atomic mass is 10.1. The van der Waals surface area contributed by atoms with Crippen molar-refractivity contribution in [3.63, 3.8) is 0 Å². The highest BCUT2D eigenvalue weighted by molar-refractivity contribution is 5.76. The first-order valence-electron chi connectivity index (χ1n) is 5.22. The lowest BCUT2D eigenvalue weighted by Gasteiger charge is -2.14. The maximum absolute atomic E-state index is 10.8. The van der Waals surface area contributed by atoms with Gasteiger partial charge in [-0.2, -0.15) is 0 Å². The first-order valence-corrected chi connectivity index (χ1v) is 5.22. The van der Waals surface area contributed by atoms with Gasteiger partial charge < -0.3 is 5.73 Å². The SMILES string of the molecule is CN(CC(N)=O)C1CC1c1ccccc1. The Labute approximate surface area is 89.9 Å². The molecule has 1 fully saturated rings. The van der Waals surface area contributed by atoms with Crippen molar-refractivity contribution in [2.24, 2.45) is 5.73 Å². The maximum Gasteiger partial charge on any atom is 0.231 e. The second-order valence-electron chi connectivity index (χ2n) is 4.20. The van der Waals surface area contributed by atoms with Crippen LogP contribution in [0.3, 0.4) is 0 Å². The summed E-state index contributed by atoms with van der Waals surface area (Å²) >= 11 is 0.